The number of nitrogens with two attached hydrogens (primary N) is 1. The van der Waals surface area contributed by atoms with Crippen molar-refractivity contribution in [3.63, 3.8) is 0 Å². The van der Waals surface area contributed by atoms with E-state index in [0.717, 1.165) is 5.75 Å². The molecular formula is C12H24N2S. The summed E-state index contributed by atoms with van der Waals surface area (Å²) in [7, 11) is 0. The molecule has 0 radical (unpaired) electrons. The molecule has 1 atom stereocenters. The highest BCUT2D eigenvalue weighted by Crippen LogP contribution is 2.21. The second-order valence-electron chi connectivity index (χ2n) is 4.11. The molecule has 0 aromatic heterocycles. The van der Waals surface area contributed by atoms with E-state index in [0.29, 0.717) is 6.04 Å². The van der Waals surface area contributed by atoms with Crippen LogP contribution < -0.4 is 11.3 Å². The number of rotatable bonds is 5. The number of nitrogens with one attached hydrogen (secondary N) is 1. The lowest BCUT2D eigenvalue weighted by Gasteiger charge is -2.21. The maximum absolute atomic E-state index is 5.63. The van der Waals surface area contributed by atoms with Crippen molar-refractivity contribution in [3.8, 4) is 0 Å². The molecule has 1 aliphatic carbocycles. The molecule has 0 fully saturated rings. The molecule has 0 spiro atoms. The molecule has 0 aromatic rings. The second kappa shape index (κ2) is 8.20. The fourth-order valence-corrected chi connectivity index (χ4v) is 2.81. The molecule has 3 heteroatoms. The Bertz CT molecular complexity index is 192. The topological polar surface area (TPSA) is 38.0 Å². The van der Waals surface area contributed by atoms with Gasteiger partial charge in [0.1, 0.15) is 0 Å². The van der Waals surface area contributed by atoms with Crippen LogP contribution in [0.2, 0.25) is 0 Å². The second-order valence-corrected chi connectivity index (χ2v) is 5.43. The van der Waals surface area contributed by atoms with Crippen LogP contribution in [0.15, 0.2) is 11.6 Å². The van der Waals surface area contributed by atoms with Gasteiger partial charge in [-0.05, 0) is 31.4 Å². The summed E-state index contributed by atoms with van der Waals surface area (Å²) in [6.45, 7) is 2.20. The maximum atomic E-state index is 5.63. The summed E-state index contributed by atoms with van der Waals surface area (Å²) in [6, 6.07) is 0.396. The van der Waals surface area contributed by atoms with Gasteiger partial charge in [-0.3, -0.25) is 11.3 Å². The van der Waals surface area contributed by atoms with Gasteiger partial charge in [-0.2, -0.15) is 11.8 Å². The molecule has 0 aromatic carbocycles. The zero-order valence-corrected chi connectivity index (χ0v) is 10.6. The van der Waals surface area contributed by atoms with Gasteiger partial charge < -0.3 is 0 Å². The summed E-state index contributed by atoms with van der Waals surface area (Å²) in [5.74, 6) is 7.91. The Balaban J connectivity index is 2.47. The molecule has 0 amide bonds. The van der Waals surface area contributed by atoms with Gasteiger partial charge in [0, 0.05) is 5.75 Å². The Morgan fingerprint density at radius 1 is 1.40 bits per heavy atom. The van der Waals surface area contributed by atoms with Crippen LogP contribution in [0, 0.1) is 0 Å². The standard InChI is InChI=1S/C12H24N2S/c1-2-15-10-12(14-13)11-8-6-4-3-5-7-9-11/h8,12,14H,2-7,9-10,13H2,1H3. The highest BCUT2D eigenvalue weighted by Gasteiger charge is 2.13. The maximum Gasteiger partial charge on any atom is 0.0510 e. The lowest BCUT2D eigenvalue weighted by atomic mass is 9.96. The van der Waals surface area contributed by atoms with E-state index in [4.69, 9.17) is 5.84 Å². The largest absolute Gasteiger partial charge is 0.271 e. The summed E-state index contributed by atoms with van der Waals surface area (Å²) >= 11 is 1.96. The average molecular weight is 228 g/mol. The van der Waals surface area contributed by atoms with E-state index in [1.165, 1.54) is 49.9 Å². The Morgan fingerprint density at radius 2 is 2.20 bits per heavy atom. The van der Waals surface area contributed by atoms with Crippen molar-refractivity contribution in [3.05, 3.63) is 11.6 Å². The van der Waals surface area contributed by atoms with Gasteiger partial charge in [-0.15, -0.1) is 0 Å². The third-order valence-electron chi connectivity index (χ3n) is 2.96. The first-order chi connectivity index (χ1) is 7.38. The first kappa shape index (κ1) is 13.1. The molecule has 1 aliphatic rings. The van der Waals surface area contributed by atoms with Gasteiger partial charge in [0.25, 0.3) is 0 Å². The van der Waals surface area contributed by atoms with E-state index in [9.17, 15) is 0 Å². The van der Waals surface area contributed by atoms with Crippen LogP contribution in [0.1, 0.15) is 45.4 Å². The van der Waals surface area contributed by atoms with Gasteiger partial charge in [0.05, 0.1) is 6.04 Å². The van der Waals surface area contributed by atoms with Crippen molar-refractivity contribution in [2.24, 2.45) is 5.84 Å². The molecule has 0 saturated heterocycles. The zero-order chi connectivity index (χ0) is 10.9. The minimum absolute atomic E-state index is 0.396. The van der Waals surface area contributed by atoms with E-state index >= 15 is 0 Å². The predicted octanol–water partition coefficient (Wildman–Crippen LogP) is 2.85. The highest BCUT2D eigenvalue weighted by molar-refractivity contribution is 7.99. The molecule has 0 aliphatic heterocycles. The SMILES string of the molecule is CCSCC(NN)C1=CCCCCCC1. The van der Waals surface area contributed by atoms with Crippen molar-refractivity contribution < 1.29 is 0 Å². The van der Waals surface area contributed by atoms with Crippen LogP contribution in [0.5, 0.6) is 0 Å². The summed E-state index contributed by atoms with van der Waals surface area (Å²) in [5, 5.41) is 0. The Kier molecular flexibility index (Phi) is 7.14. The minimum Gasteiger partial charge on any atom is -0.271 e. The normalized spacial score (nSPS) is 20.3. The van der Waals surface area contributed by atoms with E-state index in [1.54, 1.807) is 0 Å². The van der Waals surface area contributed by atoms with Gasteiger partial charge in [0.15, 0.2) is 0 Å². The summed E-state index contributed by atoms with van der Waals surface area (Å²) < 4.78 is 0. The van der Waals surface area contributed by atoms with Gasteiger partial charge in [0.2, 0.25) is 0 Å². The van der Waals surface area contributed by atoms with Crippen LogP contribution in [-0.4, -0.2) is 17.5 Å². The lowest BCUT2D eigenvalue weighted by molar-refractivity contribution is 0.567. The van der Waals surface area contributed by atoms with Crippen LogP contribution in [0.3, 0.4) is 0 Å². The van der Waals surface area contributed by atoms with Crippen LogP contribution in [0.25, 0.3) is 0 Å². The summed E-state index contributed by atoms with van der Waals surface area (Å²) in [5.41, 5.74) is 4.51. The number of hydrogen-bond acceptors (Lipinski definition) is 3. The predicted molar refractivity (Wildman–Crippen MR) is 69.9 cm³/mol. The van der Waals surface area contributed by atoms with Crippen molar-refractivity contribution in [2.75, 3.05) is 11.5 Å². The van der Waals surface area contributed by atoms with Crippen LogP contribution in [-0.2, 0) is 0 Å². The quantitative estimate of drug-likeness (QED) is 0.432. The van der Waals surface area contributed by atoms with Crippen molar-refractivity contribution >= 4 is 11.8 Å². The van der Waals surface area contributed by atoms with Crippen LogP contribution >= 0.6 is 11.8 Å². The van der Waals surface area contributed by atoms with Gasteiger partial charge >= 0.3 is 0 Å². The van der Waals surface area contributed by atoms with Crippen molar-refractivity contribution in [1.29, 1.82) is 0 Å². The molecule has 2 nitrogen and oxygen atoms in total. The van der Waals surface area contributed by atoms with E-state index < -0.39 is 0 Å². The van der Waals surface area contributed by atoms with Crippen LogP contribution in [0.4, 0.5) is 0 Å². The monoisotopic (exact) mass is 228 g/mol. The molecule has 1 rings (SSSR count). The van der Waals surface area contributed by atoms with E-state index in [1.807, 2.05) is 11.8 Å². The Hall–Kier alpha value is 0.0100. The summed E-state index contributed by atoms with van der Waals surface area (Å²) in [4.78, 5) is 0. The lowest BCUT2D eigenvalue weighted by Crippen LogP contribution is -2.38. The first-order valence-electron chi connectivity index (χ1n) is 6.11. The summed E-state index contributed by atoms with van der Waals surface area (Å²) in [6.07, 6.45) is 10.4. The van der Waals surface area contributed by atoms with Gasteiger partial charge in [-0.25, -0.2) is 0 Å². The number of thioether (sulfide) groups is 1. The highest BCUT2D eigenvalue weighted by atomic mass is 32.2. The van der Waals surface area contributed by atoms with Gasteiger partial charge in [-0.1, -0.05) is 31.4 Å². The molecular weight excluding hydrogens is 204 g/mol. The minimum atomic E-state index is 0.396. The molecule has 0 bridgehead atoms. The zero-order valence-electron chi connectivity index (χ0n) is 9.80. The third kappa shape index (κ3) is 5.05. The molecule has 15 heavy (non-hydrogen) atoms. The van der Waals surface area contributed by atoms with E-state index in [-0.39, 0.29) is 0 Å². The number of hydrazine groups is 1. The molecule has 1 unspecified atom stereocenters. The Labute approximate surface area is 98.0 Å². The Morgan fingerprint density at radius 3 is 2.93 bits per heavy atom. The molecule has 0 heterocycles. The first-order valence-corrected chi connectivity index (χ1v) is 7.26. The number of allylic oxidation sites excluding steroid dienone is 1. The van der Waals surface area contributed by atoms with Crippen molar-refractivity contribution in [1.82, 2.24) is 5.43 Å². The fraction of sp³-hybridized carbons (Fsp3) is 0.833. The number of hydrogen-bond donors (Lipinski definition) is 2. The molecule has 3 N–H and O–H groups in total. The molecule has 88 valence electrons. The fourth-order valence-electron chi connectivity index (χ4n) is 2.03. The smallest absolute Gasteiger partial charge is 0.0510 e. The van der Waals surface area contributed by atoms with E-state index in [2.05, 4.69) is 18.4 Å². The average Bonchev–Trinajstić information content (AvgIpc) is 2.21. The molecule has 0 saturated carbocycles. The van der Waals surface area contributed by atoms with Crippen molar-refractivity contribution in [2.45, 2.75) is 51.5 Å². The third-order valence-corrected chi connectivity index (χ3v) is 3.94.